The summed E-state index contributed by atoms with van der Waals surface area (Å²) in [5.74, 6) is 2.23. The average Bonchev–Trinajstić information content (AvgIpc) is 3.33. The summed E-state index contributed by atoms with van der Waals surface area (Å²) in [4.78, 5) is 32.4. The molecule has 3 heterocycles. The fraction of sp³-hybridized carbons (Fsp3) is 0.316. The SMILES string of the molecule is CCn1c(=O)c2[nH]c(C=Cc3cc(OC)c4c(c3)OCO4)nc2n(CC)c1=O. The smallest absolute Gasteiger partial charge is 0.332 e. The number of imidazole rings is 1. The third kappa shape index (κ3) is 2.75. The predicted molar refractivity (Wildman–Crippen MR) is 104 cm³/mol. The molecule has 2 aromatic heterocycles. The molecular formula is C19H20N4O5. The minimum atomic E-state index is -0.371. The van der Waals surface area contributed by atoms with E-state index < -0.39 is 0 Å². The van der Waals surface area contributed by atoms with Crippen molar-refractivity contribution in [3.63, 3.8) is 0 Å². The van der Waals surface area contributed by atoms with E-state index in [-0.39, 0.29) is 18.0 Å². The molecule has 0 atom stereocenters. The third-order valence-electron chi connectivity index (χ3n) is 4.63. The van der Waals surface area contributed by atoms with E-state index >= 15 is 0 Å². The highest BCUT2D eigenvalue weighted by molar-refractivity contribution is 5.76. The average molecular weight is 384 g/mol. The van der Waals surface area contributed by atoms with Gasteiger partial charge >= 0.3 is 5.69 Å². The molecule has 3 aromatic rings. The lowest BCUT2D eigenvalue weighted by molar-refractivity contribution is 0.171. The van der Waals surface area contributed by atoms with Crippen molar-refractivity contribution in [3.05, 3.63) is 44.4 Å². The molecule has 0 aliphatic carbocycles. The number of fused-ring (bicyclic) bond motifs is 2. The van der Waals surface area contributed by atoms with Crippen LogP contribution in [0, 0.1) is 0 Å². The quantitative estimate of drug-likeness (QED) is 0.720. The van der Waals surface area contributed by atoms with E-state index in [1.54, 1.807) is 20.1 Å². The summed E-state index contributed by atoms with van der Waals surface area (Å²) in [6, 6.07) is 3.65. The standard InChI is InChI=1S/C19H20N4O5/c1-4-22-17-15(18(24)23(5-2)19(22)25)20-14(21-17)7-6-11-8-12(26-3)16-13(9-11)27-10-28-16/h6-9H,4-5,10H2,1-3H3,(H,20,21). The normalized spacial score (nSPS) is 13.0. The maximum atomic E-state index is 12.6. The number of aromatic nitrogens is 4. The predicted octanol–water partition coefficient (Wildman–Crippen LogP) is 1.83. The van der Waals surface area contributed by atoms with E-state index in [0.29, 0.717) is 47.3 Å². The van der Waals surface area contributed by atoms with Crippen molar-refractivity contribution in [3.8, 4) is 17.2 Å². The van der Waals surface area contributed by atoms with Gasteiger partial charge in [-0.3, -0.25) is 13.9 Å². The van der Waals surface area contributed by atoms with Crippen LogP contribution in [-0.2, 0) is 13.1 Å². The lowest BCUT2D eigenvalue weighted by Crippen LogP contribution is -2.39. The van der Waals surface area contributed by atoms with Gasteiger partial charge in [0.05, 0.1) is 7.11 Å². The van der Waals surface area contributed by atoms with Gasteiger partial charge in [-0.2, -0.15) is 0 Å². The maximum Gasteiger partial charge on any atom is 0.332 e. The molecule has 0 radical (unpaired) electrons. The van der Waals surface area contributed by atoms with Crippen molar-refractivity contribution in [1.82, 2.24) is 19.1 Å². The molecule has 1 aliphatic heterocycles. The highest BCUT2D eigenvalue weighted by Gasteiger charge is 2.19. The Kier molecular flexibility index (Phi) is 4.42. The largest absolute Gasteiger partial charge is 0.493 e. The number of H-pyrrole nitrogens is 1. The Morgan fingerprint density at radius 2 is 1.96 bits per heavy atom. The fourth-order valence-corrected chi connectivity index (χ4v) is 3.25. The molecule has 4 rings (SSSR count). The van der Waals surface area contributed by atoms with Crippen molar-refractivity contribution in [2.24, 2.45) is 0 Å². The second kappa shape index (κ2) is 6.91. The number of aryl methyl sites for hydroxylation is 1. The highest BCUT2D eigenvalue weighted by atomic mass is 16.7. The summed E-state index contributed by atoms with van der Waals surface area (Å²) in [5.41, 5.74) is 0.755. The molecule has 1 aromatic carbocycles. The first-order chi connectivity index (χ1) is 13.6. The summed E-state index contributed by atoms with van der Waals surface area (Å²) >= 11 is 0. The minimum absolute atomic E-state index is 0.153. The molecule has 1 N–H and O–H groups in total. The molecule has 28 heavy (non-hydrogen) atoms. The van der Waals surface area contributed by atoms with E-state index in [2.05, 4.69) is 9.97 Å². The highest BCUT2D eigenvalue weighted by Crippen LogP contribution is 2.42. The minimum Gasteiger partial charge on any atom is -0.493 e. The topological polar surface area (TPSA) is 100 Å². The molecule has 9 nitrogen and oxygen atoms in total. The molecule has 146 valence electrons. The van der Waals surface area contributed by atoms with Crippen LogP contribution in [-0.4, -0.2) is 33.0 Å². The molecule has 0 spiro atoms. The van der Waals surface area contributed by atoms with Gasteiger partial charge < -0.3 is 19.2 Å². The van der Waals surface area contributed by atoms with Gasteiger partial charge in [-0.15, -0.1) is 0 Å². The molecule has 0 fully saturated rings. The Labute approximate surface area is 159 Å². The van der Waals surface area contributed by atoms with Gasteiger partial charge in [0.25, 0.3) is 5.56 Å². The number of hydrogen-bond donors (Lipinski definition) is 1. The Hall–Kier alpha value is -3.49. The molecular weight excluding hydrogens is 364 g/mol. The zero-order valence-electron chi connectivity index (χ0n) is 15.8. The van der Waals surface area contributed by atoms with Crippen LogP contribution in [0.25, 0.3) is 23.3 Å². The first-order valence-corrected chi connectivity index (χ1v) is 8.96. The second-order valence-electron chi connectivity index (χ2n) is 6.19. The number of aromatic amines is 1. The number of rotatable bonds is 5. The van der Waals surface area contributed by atoms with Crippen LogP contribution in [0.4, 0.5) is 0 Å². The van der Waals surface area contributed by atoms with Gasteiger partial charge in [0.1, 0.15) is 11.3 Å². The van der Waals surface area contributed by atoms with Gasteiger partial charge in [-0.25, -0.2) is 9.78 Å². The maximum absolute atomic E-state index is 12.6. The lowest BCUT2D eigenvalue weighted by atomic mass is 10.1. The third-order valence-corrected chi connectivity index (χ3v) is 4.63. The van der Waals surface area contributed by atoms with Gasteiger partial charge in [0.2, 0.25) is 12.5 Å². The van der Waals surface area contributed by atoms with Crippen LogP contribution in [0.5, 0.6) is 17.2 Å². The molecule has 0 bridgehead atoms. The molecule has 0 amide bonds. The fourth-order valence-electron chi connectivity index (χ4n) is 3.25. The number of ether oxygens (including phenoxy) is 3. The van der Waals surface area contributed by atoms with E-state index in [1.807, 2.05) is 25.1 Å². The van der Waals surface area contributed by atoms with Crippen LogP contribution in [0.15, 0.2) is 21.7 Å². The number of nitrogens with zero attached hydrogens (tertiary/aromatic N) is 3. The number of benzene rings is 1. The molecule has 0 saturated carbocycles. The van der Waals surface area contributed by atoms with Crippen LogP contribution >= 0.6 is 0 Å². The van der Waals surface area contributed by atoms with Crippen LogP contribution in [0.3, 0.4) is 0 Å². The van der Waals surface area contributed by atoms with Crippen molar-refractivity contribution in [2.75, 3.05) is 13.9 Å². The zero-order chi connectivity index (χ0) is 19.8. The van der Waals surface area contributed by atoms with Crippen molar-refractivity contribution in [1.29, 1.82) is 0 Å². The van der Waals surface area contributed by atoms with E-state index in [1.165, 1.54) is 9.13 Å². The molecule has 1 aliphatic rings. The first-order valence-electron chi connectivity index (χ1n) is 8.96. The summed E-state index contributed by atoms with van der Waals surface area (Å²) in [6.45, 7) is 4.48. The summed E-state index contributed by atoms with van der Waals surface area (Å²) < 4.78 is 18.8. The van der Waals surface area contributed by atoms with E-state index in [0.717, 1.165) is 5.56 Å². The van der Waals surface area contributed by atoms with Crippen molar-refractivity contribution < 1.29 is 14.2 Å². The van der Waals surface area contributed by atoms with E-state index in [9.17, 15) is 9.59 Å². The molecule has 0 unspecified atom stereocenters. The summed E-state index contributed by atoms with van der Waals surface area (Å²) in [6.07, 6.45) is 3.55. The van der Waals surface area contributed by atoms with Crippen LogP contribution in [0.1, 0.15) is 25.2 Å². The van der Waals surface area contributed by atoms with Crippen LogP contribution in [0.2, 0.25) is 0 Å². The second-order valence-corrected chi connectivity index (χ2v) is 6.19. The van der Waals surface area contributed by atoms with Gasteiger partial charge in [-0.1, -0.05) is 6.08 Å². The Bertz CT molecular complexity index is 1200. The number of hydrogen-bond acceptors (Lipinski definition) is 6. The lowest BCUT2D eigenvalue weighted by Gasteiger charge is -2.06. The Balaban J connectivity index is 1.78. The number of nitrogens with one attached hydrogen (secondary N) is 1. The van der Waals surface area contributed by atoms with Gasteiger partial charge in [-0.05, 0) is 37.6 Å². The zero-order valence-corrected chi connectivity index (χ0v) is 15.8. The number of methoxy groups -OCH3 is 1. The summed E-state index contributed by atoms with van der Waals surface area (Å²) in [5, 5.41) is 0. The van der Waals surface area contributed by atoms with Gasteiger partial charge in [0, 0.05) is 13.1 Å². The van der Waals surface area contributed by atoms with Gasteiger partial charge in [0.15, 0.2) is 17.1 Å². The first kappa shape index (κ1) is 17.9. The van der Waals surface area contributed by atoms with Crippen molar-refractivity contribution >= 4 is 23.3 Å². The van der Waals surface area contributed by atoms with Crippen LogP contribution < -0.4 is 25.5 Å². The summed E-state index contributed by atoms with van der Waals surface area (Å²) in [7, 11) is 1.56. The van der Waals surface area contributed by atoms with E-state index in [4.69, 9.17) is 14.2 Å². The van der Waals surface area contributed by atoms with Crippen molar-refractivity contribution in [2.45, 2.75) is 26.9 Å². The molecule has 9 heteroatoms. The monoisotopic (exact) mass is 384 g/mol. The Morgan fingerprint density at radius 3 is 2.68 bits per heavy atom. The molecule has 0 saturated heterocycles. The Morgan fingerprint density at radius 1 is 1.18 bits per heavy atom.